The summed E-state index contributed by atoms with van der Waals surface area (Å²) in [4.78, 5) is 24.1. The Kier molecular flexibility index (Phi) is 8.82. The van der Waals surface area contributed by atoms with Crippen LogP contribution in [0.5, 0.6) is 5.75 Å². The van der Waals surface area contributed by atoms with Crippen LogP contribution in [-0.2, 0) is 24.3 Å². The quantitative estimate of drug-likeness (QED) is 0.487. The van der Waals surface area contributed by atoms with Gasteiger partial charge in [0, 0.05) is 16.7 Å². The molecule has 0 aromatic heterocycles. The van der Waals surface area contributed by atoms with Crippen LogP contribution in [0.25, 0.3) is 0 Å². The predicted molar refractivity (Wildman–Crippen MR) is 116 cm³/mol. The molecule has 10 heteroatoms. The molecule has 1 unspecified atom stereocenters. The molecule has 0 saturated heterocycles. The first-order valence-corrected chi connectivity index (χ1v) is 11.5. The number of amides is 1. The average molecular weight is 499 g/mol. The molecular formula is C20H23BrN2O6S. The molecule has 2 aromatic carbocycles. The second kappa shape index (κ2) is 11.1. The number of ether oxygens (including phenoxy) is 2. The van der Waals surface area contributed by atoms with Crippen LogP contribution in [0.2, 0.25) is 0 Å². The highest BCUT2D eigenvalue weighted by molar-refractivity contribution is 9.10. The maximum atomic E-state index is 12.3. The Balaban J connectivity index is 1.79. The van der Waals surface area contributed by atoms with Crippen molar-refractivity contribution in [3.05, 3.63) is 53.0 Å². The molecule has 2 N–H and O–H groups in total. The minimum atomic E-state index is -3.77. The van der Waals surface area contributed by atoms with Crippen LogP contribution in [0.1, 0.15) is 20.3 Å². The van der Waals surface area contributed by atoms with Gasteiger partial charge in [-0.05, 0) is 62.4 Å². The zero-order chi connectivity index (χ0) is 22.1. The molecule has 2 rings (SSSR count). The van der Waals surface area contributed by atoms with Gasteiger partial charge in [-0.25, -0.2) is 13.1 Å². The number of carbonyl (C=O) groups is 2. The van der Waals surface area contributed by atoms with Gasteiger partial charge in [-0.2, -0.15) is 0 Å². The molecule has 0 aliphatic carbocycles. The molecule has 0 bridgehead atoms. The number of anilines is 1. The third kappa shape index (κ3) is 7.43. The van der Waals surface area contributed by atoms with Crippen molar-refractivity contribution in [1.82, 2.24) is 4.72 Å². The van der Waals surface area contributed by atoms with Crippen molar-refractivity contribution in [2.45, 2.75) is 31.3 Å². The number of nitrogens with one attached hydrogen (secondary N) is 2. The molecule has 0 aliphatic heterocycles. The largest absolute Gasteiger partial charge is 0.494 e. The molecule has 0 aliphatic rings. The van der Waals surface area contributed by atoms with E-state index >= 15 is 0 Å². The van der Waals surface area contributed by atoms with Gasteiger partial charge in [-0.1, -0.05) is 15.9 Å². The Morgan fingerprint density at radius 3 is 2.30 bits per heavy atom. The van der Waals surface area contributed by atoms with E-state index in [1.54, 1.807) is 36.4 Å². The molecular weight excluding hydrogens is 476 g/mol. The fourth-order valence-electron chi connectivity index (χ4n) is 2.34. The van der Waals surface area contributed by atoms with Crippen molar-refractivity contribution in [2.24, 2.45) is 0 Å². The van der Waals surface area contributed by atoms with Gasteiger partial charge in [0.25, 0.3) is 5.91 Å². The van der Waals surface area contributed by atoms with Crippen molar-refractivity contribution in [3.8, 4) is 5.75 Å². The van der Waals surface area contributed by atoms with Gasteiger partial charge in [-0.15, -0.1) is 0 Å². The smallest absolute Gasteiger partial charge is 0.307 e. The lowest BCUT2D eigenvalue weighted by Gasteiger charge is -2.14. The number of sulfonamides is 1. The lowest BCUT2D eigenvalue weighted by molar-refractivity contribution is -0.152. The summed E-state index contributed by atoms with van der Waals surface area (Å²) in [5.41, 5.74) is 0.564. The summed E-state index contributed by atoms with van der Waals surface area (Å²) >= 11 is 3.30. The van der Waals surface area contributed by atoms with E-state index in [0.717, 1.165) is 4.47 Å². The average Bonchev–Trinajstić information content (AvgIpc) is 2.70. The SMILES string of the molecule is CCOc1ccc(S(=O)(=O)NCCC(=O)OC(C)C(=O)Nc2ccc(Br)cc2)cc1. The lowest BCUT2D eigenvalue weighted by atomic mass is 10.3. The zero-order valence-corrected chi connectivity index (χ0v) is 19.0. The van der Waals surface area contributed by atoms with Crippen LogP contribution in [0.15, 0.2) is 57.9 Å². The van der Waals surface area contributed by atoms with E-state index in [9.17, 15) is 18.0 Å². The van der Waals surface area contributed by atoms with Gasteiger partial charge in [0.1, 0.15) is 5.75 Å². The summed E-state index contributed by atoms with van der Waals surface area (Å²) in [6.45, 7) is 3.59. The Morgan fingerprint density at radius 1 is 1.07 bits per heavy atom. The third-order valence-electron chi connectivity index (χ3n) is 3.86. The normalized spacial score (nSPS) is 12.1. The number of carbonyl (C=O) groups excluding carboxylic acids is 2. The third-order valence-corrected chi connectivity index (χ3v) is 5.86. The number of hydrogen-bond donors (Lipinski definition) is 2. The molecule has 162 valence electrons. The Hall–Kier alpha value is -2.43. The maximum Gasteiger partial charge on any atom is 0.307 e. The van der Waals surface area contributed by atoms with Crippen molar-refractivity contribution >= 4 is 43.5 Å². The highest BCUT2D eigenvalue weighted by Gasteiger charge is 2.19. The summed E-state index contributed by atoms with van der Waals surface area (Å²) in [6.07, 6.45) is -1.24. The topological polar surface area (TPSA) is 111 Å². The van der Waals surface area contributed by atoms with Gasteiger partial charge in [-0.3, -0.25) is 9.59 Å². The van der Waals surface area contributed by atoms with Crippen LogP contribution in [0.3, 0.4) is 0 Å². The number of rotatable bonds is 10. The molecule has 0 fully saturated rings. The minimum Gasteiger partial charge on any atom is -0.494 e. The van der Waals surface area contributed by atoms with Crippen molar-refractivity contribution in [1.29, 1.82) is 0 Å². The fraction of sp³-hybridized carbons (Fsp3) is 0.300. The van der Waals surface area contributed by atoms with Crippen LogP contribution >= 0.6 is 15.9 Å². The summed E-state index contributed by atoms with van der Waals surface area (Å²) in [5.74, 6) is -0.612. The maximum absolute atomic E-state index is 12.3. The molecule has 0 spiro atoms. The van der Waals surface area contributed by atoms with Crippen LogP contribution in [0.4, 0.5) is 5.69 Å². The van der Waals surface area contributed by atoms with E-state index in [-0.39, 0.29) is 17.9 Å². The van der Waals surface area contributed by atoms with E-state index in [1.165, 1.54) is 19.1 Å². The summed E-state index contributed by atoms with van der Waals surface area (Å²) < 4.78 is 38.1. The Morgan fingerprint density at radius 2 is 1.70 bits per heavy atom. The van der Waals surface area contributed by atoms with Crippen LogP contribution in [0, 0.1) is 0 Å². The van der Waals surface area contributed by atoms with Crippen molar-refractivity contribution in [2.75, 3.05) is 18.5 Å². The fourth-order valence-corrected chi connectivity index (χ4v) is 3.64. The van der Waals surface area contributed by atoms with Gasteiger partial charge in [0.15, 0.2) is 6.10 Å². The molecule has 0 radical (unpaired) electrons. The van der Waals surface area contributed by atoms with Crippen LogP contribution < -0.4 is 14.8 Å². The Labute approximate surface area is 184 Å². The second-order valence-corrected chi connectivity index (χ2v) is 8.86. The monoisotopic (exact) mass is 498 g/mol. The van der Waals surface area contributed by atoms with Gasteiger partial charge in [0.2, 0.25) is 10.0 Å². The number of esters is 1. The van der Waals surface area contributed by atoms with E-state index < -0.39 is 28.0 Å². The van der Waals surface area contributed by atoms with E-state index in [4.69, 9.17) is 9.47 Å². The number of benzene rings is 2. The van der Waals surface area contributed by atoms with Gasteiger partial charge >= 0.3 is 5.97 Å². The van der Waals surface area contributed by atoms with Gasteiger partial charge < -0.3 is 14.8 Å². The first kappa shape index (κ1) is 23.8. The van der Waals surface area contributed by atoms with Crippen molar-refractivity contribution < 1.29 is 27.5 Å². The molecule has 1 atom stereocenters. The highest BCUT2D eigenvalue weighted by Crippen LogP contribution is 2.16. The number of hydrogen-bond acceptors (Lipinski definition) is 6. The standard InChI is InChI=1S/C20H23BrN2O6S/c1-3-28-17-8-10-18(11-9-17)30(26,27)22-13-12-19(24)29-14(2)20(25)23-16-6-4-15(21)5-7-16/h4-11,14,22H,3,12-13H2,1-2H3,(H,23,25). The second-order valence-electron chi connectivity index (χ2n) is 6.18. The first-order valence-electron chi connectivity index (χ1n) is 9.19. The molecule has 1 amide bonds. The van der Waals surface area contributed by atoms with Crippen molar-refractivity contribution in [3.63, 3.8) is 0 Å². The predicted octanol–water partition coefficient (Wildman–Crippen LogP) is 3.09. The van der Waals surface area contributed by atoms with Crippen LogP contribution in [-0.4, -0.2) is 39.5 Å². The summed E-state index contributed by atoms with van der Waals surface area (Å²) in [6, 6.07) is 12.9. The summed E-state index contributed by atoms with van der Waals surface area (Å²) in [7, 11) is -3.77. The Bertz CT molecular complexity index is 962. The summed E-state index contributed by atoms with van der Waals surface area (Å²) in [5, 5.41) is 2.63. The first-order chi connectivity index (χ1) is 14.2. The van der Waals surface area contributed by atoms with E-state index in [1.807, 2.05) is 6.92 Å². The lowest BCUT2D eigenvalue weighted by Crippen LogP contribution is -2.32. The number of halogens is 1. The molecule has 2 aromatic rings. The van der Waals surface area contributed by atoms with E-state index in [0.29, 0.717) is 18.0 Å². The molecule has 8 nitrogen and oxygen atoms in total. The zero-order valence-electron chi connectivity index (χ0n) is 16.6. The minimum absolute atomic E-state index is 0.0570. The molecule has 0 saturated carbocycles. The molecule has 0 heterocycles. The molecule has 30 heavy (non-hydrogen) atoms. The van der Waals surface area contributed by atoms with Gasteiger partial charge in [0.05, 0.1) is 17.9 Å². The highest BCUT2D eigenvalue weighted by atomic mass is 79.9. The van der Waals surface area contributed by atoms with E-state index in [2.05, 4.69) is 26.0 Å².